The van der Waals surface area contributed by atoms with Gasteiger partial charge < -0.3 is 10.1 Å². The molecular weight excluding hydrogens is 230 g/mol. The first kappa shape index (κ1) is 11.4. The summed E-state index contributed by atoms with van der Waals surface area (Å²) in [7, 11) is 0. The average molecular weight is 247 g/mol. The minimum absolute atomic E-state index is 0.410. The molecule has 1 saturated heterocycles. The van der Waals surface area contributed by atoms with Gasteiger partial charge >= 0.3 is 0 Å². The van der Waals surface area contributed by atoms with Crippen LogP contribution < -0.4 is 5.32 Å². The van der Waals surface area contributed by atoms with Crippen molar-refractivity contribution in [2.45, 2.75) is 26.3 Å². The summed E-state index contributed by atoms with van der Waals surface area (Å²) in [5.74, 6) is 2.08. The number of nitrogens with one attached hydrogen (secondary N) is 1. The predicted octanol–water partition coefficient (Wildman–Crippen LogP) is 1.27. The molecule has 0 radical (unpaired) electrons. The number of nitrogens with zero attached hydrogens (tertiary/aromatic N) is 4. The lowest BCUT2D eigenvalue weighted by Gasteiger charge is -2.30. The Bertz CT molecular complexity index is 552. The second kappa shape index (κ2) is 4.53. The smallest absolute Gasteiger partial charge is 0.254 e. The van der Waals surface area contributed by atoms with Gasteiger partial charge in [-0.1, -0.05) is 6.92 Å². The molecule has 1 aliphatic rings. The molecule has 6 nitrogen and oxygen atoms in total. The summed E-state index contributed by atoms with van der Waals surface area (Å²) < 4.78 is 7.20. The maximum atomic E-state index is 5.46. The number of aryl methyl sites for hydroxylation is 1. The number of fused-ring (bicyclic) bond motifs is 1. The third kappa shape index (κ3) is 2.03. The monoisotopic (exact) mass is 247 g/mol. The topological polar surface area (TPSA) is 64.3 Å². The molecule has 0 aromatic carbocycles. The largest absolute Gasteiger partial charge is 0.381 e. The molecule has 3 heterocycles. The highest BCUT2D eigenvalue weighted by Crippen LogP contribution is 2.20. The van der Waals surface area contributed by atoms with E-state index >= 15 is 0 Å². The molecule has 1 fully saturated rings. The van der Waals surface area contributed by atoms with Crippen molar-refractivity contribution in [3.63, 3.8) is 0 Å². The highest BCUT2D eigenvalue weighted by Gasteiger charge is 2.22. The SMILES string of the molecule is Cc1cc(NC2CCOCC2C)n2ncnc2n1. The molecule has 0 spiro atoms. The third-order valence-electron chi connectivity index (χ3n) is 3.35. The Balaban J connectivity index is 1.91. The second-order valence-electron chi connectivity index (χ2n) is 4.85. The Morgan fingerprint density at radius 1 is 1.50 bits per heavy atom. The van der Waals surface area contributed by atoms with Crippen molar-refractivity contribution in [3.05, 3.63) is 18.1 Å². The highest BCUT2D eigenvalue weighted by molar-refractivity contribution is 5.45. The fourth-order valence-electron chi connectivity index (χ4n) is 2.32. The molecule has 1 N–H and O–H groups in total. The van der Waals surface area contributed by atoms with Crippen LogP contribution in [-0.4, -0.2) is 38.8 Å². The Morgan fingerprint density at radius 2 is 2.39 bits per heavy atom. The van der Waals surface area contributed by atoms with Crippen molar-refractivity contribution in [2.24, 2.45) is 5.92 Å². The van der Waals surface area contributed by atoms with Crippen molar-refractivity contribution in [2.75, 3.05) is 18.5 Å². The van der Waals surface area contributed by atoms with Crippen LogP contribution in [0.2, 0.25) is 0 Å². The molecule has 2 atom stereocenters. The van der Waals surface area contributed by atoms with Gasteiger partial charge in [0.05, 0.1) is 6.61 Å². The van der Waals surface area contributed by atoms with E-state index in [0.717, 1.165) is 31.1 Å². The fourth-order valence-corrected chi connectivity index (χ4v) is 2.32. The van der Waals surface area contributed by atoms with Crippen LogP contribution in [0.1, 0.15) is 19.0 Å². The number of anilines is 1. The number of hydrogen-bond acceptors (Lipinski definition) is 5. The van der Waals surface area contributed by atoms with Gasteiger partial charge in [0.15, 0.2) is 0 Å². The van der Waals surface area contributed by atoms with Gasteiger partial charge in [0.1, 0.15) is 12.1 Å². The number of aromatic nitrogens is 4. The second-order valence-corrected chi connectivity index (χ2v) is 4.85. The predicted molar refractivity (Wildman–Crippen MR) is 67.5 cm³/mol. The van der Waals surface area contributed by atoms with E-state index in [0.29, 0.717) is 17.7 Å². The maximum Gasteiger partial charge on any atom is 0.254 e. The molecule has 1 aliphatic heterocycles. The van der Waals surface area contributed by atoms with E-state index < -0.39 is 0 Å². The summed E-state index contributed by atoms with van der Waals surface area (Å²) in [4.78, 5) is 8.46. The van der Waals surface area contributed by atoms with Crippen LogP contribution in [0.4, 0.5) is 5.82 Å². The van der Waals surface area contributed by atoms with E-state index in [9.17, 15) is 0 Å². The Hall–Kier alpha value is -1.69. The first-order chi connectivity index (χ1) is 8.74. The van der Waals surface area contributed by atoms with Gasteiger partial charge in [-0.3, -0.25) is 0 Å². The normalized spacial score (nSPS) is 24.3. The fraction of sp³-hybridized carbons (Fsp3) is 0.583. The number of rotatable bonds is 2. The summed E-state index contributed by atoms with van der Waals surface area (Å²) >= 11 is 0. The Morgan fingerprint density at radius 3 is 3.22 bits per heavy atom. The molecule has 0 aliphatic carbocycles. The lowest BCUT2D eigenvalue weighted by atomic mass is 9.98. The van der Waals surface area contributed by atoms with Crippen molar-refractivity contribution < 1.29 is 4.74 Å². The van der Waals surface area contributed by atoms with Crippen LogP contribution in [0.5, 0.6) is 0 Å². The van der Waals surface area contributed by atoms with E-state index in [4.69, 9.17) is 4.74 Å². The van der Waals surface area contributed by atoms with Crippen molar-refractivity contribution in [1.82, 2.24) is 19.6 Å². The third-order valence-corrected chi connectivity index (χ3v) is 3.35. The molecule has 2 unspecified atom stereocenters. The summed E-state index contributed by atoms with van der Waals surface area (Å²) in [6.45, 7) is 5.78. The van der Waals surface area contributed by atoms with E-state index in [1.54, 1.807) is 4.52 Å². The Labute approximate surface area is 105 Å². The van der Waals surface area contributed by atoms with Crippen LogP contribution in [-0.2, 0) is 4.74 Å². The van der Waals surface area contributed by atoms with Crippen LogP contribution in [0, 0.1) is 12.8 Å². The quantitative estimate of drug-likeness (QED) is 0.865. The van der Waals surface area contributed by atoms with E-state index in [1.807, 2.05) is 13.0 Å². The zero-order chi connectivity index (χ0) is 12.5. The summed E-state index contributed by atoms with van der Waals surface area (Å²) in [6, 6.07) is 2.41. The first-order valence-electron chi connectivity index (χ1n) is 6.25. The average Bonchev–Trinajstić information content (AvgIpc) is 2.80. The van der Waals surface area contributed by atoms with Gasteiger partial charge in [-0.2, -0.15) is 14.6 Å². The van der Waals surface area contributed by atoms with Gasteiger partial charge in [-0.15, -0.1) is 0 Å². The molecule has 6 heteroatoms. The Kier molecular flexibility index (Phi) is 2.87. The molecule has 18 heavy (non-hydrogen) atoms. The van der Waals surface area contributed by atoms with Crippen molar-refractivity contribution in [3.8, 4) is 0 Å². The zero-order valence-electron chi connectivity index (χ0n) is 10.6. The minimum Gasteiger partial charge on any atom is -0.381 e. The lowest BCUT2D eigenvalue weighted by molar-refractivity contribution is 0.0536. The lowest BCUT2D eigenvalue weighted by Crippen LogP contribution is -2.36. The van der Waals surface area contributed by atoms with Crippen LogP contribution in [0.3, 0.4) is 0 Å². The molecule has 2 aromatic rings. The van der Waals surface area contributed by atoms with Gasteiger partial charge in [-0.25, -0.2) is 4.98 Å². The van der Waals surface area contributed by atoms with Gasteiger partial charge in [0.2, 0.25) is 0 Å². The molecule has 0 saturated carbocycles. The maximum absolute atomic E-state index is 5.46. The number of hydrogen-bond donors (Lipinski definition) is 1. The molecule has 2 aromatic heterocycles. The van der Waals surface area contributed by atoms with Crippen molar-refractivity contribution >= 4 is 11.6 Å². The van der Waals surface area contributed by atoms with E-state index in [2.05, 4.69) is 27.3 Å². The standard InChI is InChI=1S/C12H17N5O/c1-8-6-18-4-3-10(8)16-11-5-9(2)15-12-13-7-14-17(11)12/h5,7-8,10,16H,3-4,6H2,1-2H3. The molecule has 3 rings (SSSR count). The highest BCUT2D eigenvalue weighted by atomic mass is 16.5. The molecule has 0 bridgehead atoms. The van der Waals surface area contributed by atoms with Crippen molar-refractivity contribution in [1.29, 1.82) is 0 Å². The van der Waals surface area contributed by atoms with E-state index in [-0.39, 0.29) is 0 Å². The summed E-state index contributed by atoms with van der Waals surface area (Å²) in [5, 5.41) is 7.74. The minimum atomic E-state index is 0.410. The van der Waals surface area contributed by atoms with Crippen LogP contribution >= 0.6 is 0 Å². The summed E-state index contributed by atoms with van der Waals surface area (Å²) in [6.07, 6.45) is 2.54. The molecule has 96 valence electrons. The van der Waals surface area contributed by atoms with E-state index in [1.165, 1.54) is 6.33 Å². The zero-order valence-corrected chi connectivity index (χ0v) is 10.6. The molecule has 0 amide bonds. The van der Waals surface area contributed by atoms with Gasteiger partial charge in [-0.05, 0) is 19.3 Å². The van der Waals surface area contributed by atoms with Gasteiger partial charge in [0.25, 0.3) is 5.78 Å². The van der Waals surface area contributed by atoms with Crippen LogP contribution in [0.25, 0.3) is 5.78 Å². The van der Waals surface area contributed by atoms with Crippen LogP contribution in [0.15, 0.2) is 12.4 Å². The first-order valence-corrected chi connectivity index (χ1v) is 6.25. The molecular formula is C12H17N5O. The number of ether oxygens (including phenoxy) is 1. The summed E-state index contributed by atoms with van der Waals surface area (Å²) in [5.41, 5.74) is 0.942. The van der Waals surface area contributed by atoms with Gasteiger partial charge in [0, 0.05) is 24.4 Å².